The Bertz CT molecular complexity index is 815. The Hall–Kier alpha value is -2.67. The Morgan fingerprint density at radius 3 is 2.76 bits per heavy atom. The molecule has 1 unspecified atom stereocenters. The van der Waals surface area contributed by atoms with Gasteiger partial charge in [-0.25, -0.2) is 14.8 Å². The molecule has 2 N–H and O–H groups in total. The molecule has 0 aliphatic rings. The summed E-state index contributed by atoms with van der Waals surface area (Å²) in [6.07, 6.45) is 4.51. The van der Waals surface area contributed by atoms with E-state index in [0.717, 1.165) is 22.6 Å². The van der Waals surface area contributed by atoms with Gasteiger partial charge < -0.3 is 9.73 Å². The van der Waals surface area contributed by atoms with E-state index in [1.165, 1.54) is 17.6 Å². The summed E-state index contributed by atoms with van der Waals surface area (Å²) in [5.41, 5.74) is 2.10. The predicted octanol–water partition coefficient (Wildman–Crippen LogP) is 4.11. The molecule has 6 nitrogen and oxygen atoms in total. The van der Waals surface area contributed by atoms with Crippen LogP contribution in [0, 0.1) is 6.92 Å². The topological polar surface area (TPSA) is 80.0 Å². The summed E-state index contributed by atoms with van der Waals surface area (Å²) in [6.45, 7) is 4.05. The van der Waals surface area contributed by atoms with Crippen molar-refractivity contribution in [1.82, 2.24) is 15.3 Å². The summed E-state index contributed by atoms with van der Waals surface area (Å²) in [4.78, 5) is 22.1. The number of nitrogens with one attached hydrogen (secondary N) is 2. The van der Waals surface area contributed by atoms with Crippen LogP contribution >= 0.6 is 11.3 Å². The van der Waals surface area contributed by atoms with Crippen molar-refractivity contribution in [2.24, 2.45) is 0 Å². The Morgan fingerprint density at radius 2 is 2.12 bits per heavy atom. The van der Waals surface area contributed by atoms with Crippen molar-refractivity contribution < 1.29 is 9.21 Å². The molecule has 0 saturated heterocycles. The van der Waals surface area contributed by atoms with Gasteiger partial charge in [-0.15, -0.1) is 11.3 Å². The number of hydrogen-bond donors (Lipinski definition) is 2. The molecule has 0 radical (unpaired) electrons. The van der Waals surface area contributed by atoms with Crippen molar-refractivity contribution in [3.63, 3.8) is 0 Å². The Kier molecular flexibility index (Phi) is 5.45. The maximum absolute atomic E-state index is 12.4. The average molecular weight is 356 g/mol. The van der Waals surface area contributed by atoms with E-state index in [1.807, 2.05) is 44.2 Å². The van der Waals surface area contributed by atoms with Gasteiger partial charge in [-0.3, -0.25) is 5.32 Å². The van der Waals surface area contributed by atoms with Crippen LogP contribution in [0.5, 0.6) is 0 Å². The van der Waals surface area contributed by atoms with E-state index in [4.69, 9.17) is 4.42 Å². The van der Waals surface area contributed by atoms with Crippen LogP contribution in [0.25, 0.3) is 0 Å². The lowest BCUT2D eigenvalue weighted by atomic mass is 10.1. The Balaban J connectivity index is 1.70. The summed E-state index contributed by atoms with van der Waals surface area (Å²) in [5, 5.41) is 6.32. The molecular weight excluding hydrogens is 336 g/mol. The molecule has 0 aliphatic heterocycles. The van der Waals surface area contributed by atoms with E-state index in [9.17, 15) is 4.79 Å². The fraction of sp³-hybridized carbons (Fsp3) is 0.278. The highest BCUT2D eigenvalue weighted by molar-refractivity contribution is 7.15. The maximum Gasteiger partial charge on any atom is 0.321 e. The van der Waals surface area contributed by atoms with E-state index in [0.29, 0.717) is 17.4 Å². The first-order valence-electron chi connectivity index (χ1n) is 8.13. The zero-order chi connectivity index (χ0) is 17.6. The van der Waals surface area contributed by atoms with E-state index in [1.54, 1.807) is 6.20 Å². The number of thiazole rings is 1. The molecule has 1 atom stereocenters. The van der Waals surface area contributed by atoms with Crippen LogP contribution in [0.1, 0.15) is 35.0 Å². The standard InChI is InChI=1S/C18H20N4O2S/c1-3-14-12(2)25-18(21-14)22-17(23)20-15(16-19-9-10-24-16)11-13-7-5-4-6-8-13/h4-10,15H,3,11H2,1-2H3,(H2,20,21,22,23). The highest BCUT2D eigenvalue weighted by Gasteiger charge is 2.20. The number of carbonyl (C=O) groups excluding carboxylic acids is 1. The van der Waals surface area contributed by atoms with Gasteiger partial charge in [0.2, 0.25) is 5.89 Å². The number of carbonyl (C=O) groups is 1. The summed E-state index contributed by atoms with van der Waals surface area (Å²) in [7, 11) is 0. The van der Waals surface area contributed by atoms with Crippen LogP contribution in [0.2, 0.25) is 0 Å². The van der Waals surface area contributed by atoms with Crippen molar-refractivity contribution in [3.8, 4) is 0 Å². The number of amides is 2. The van der Waals surface area contributed by atoms with Crippen LogP contribution in [-0.4, -0.2) is 16.0 Å². The molecule has 0 bridgehead atoms. The van der Waals surface area contributed by atoms with Gasteiger partial charge in [0, 0.05) is 11.3 Å². The smallest absolute Gasteiger partial charge is 0.321 e. The third kappa shape index (κ3) is 4.45. The number of anilines is 1. The summed E-state index contributed by atoms with van der Waals surface area (Å²) in [6, 6.07) is 9.22. The quantitative estimate of drug-likeness (QED) is 0.696. The predicted molar refractivity (Wildman–Crippen MR) is 97.8 cm³/mol. The molecule has 2 heterocycles. The monoisotopic (exact) mass is 356 g/mol. The molecule has 2 aromatic heterocycles. The number of urea groups is 1. The highest BCUT2D eigenvalue weighted by Crippen LogP contribution is 2.23. The van der Waals surface area contributed by atoms with E-state index in [2.05, 4.69) is 20.6 Å². The first-order chi connectivity index (χ1) is 12.2. The molecule has 7 heteroatoms. The molecule has 0 aliphatic carbocycles. The zero-order valence-electron chi connectivity index (χ0n) is 14.2. The van der Waals surface area contributed by atoms with E-state index < -0.39 is 0 Å². The van der Waals surface area contributed by atoms with Gasteiger partial charge in [-0.05, 0) is 18.9 Å². The summed E-state index contributed by atoms with van der Waals surface area (Å²) in [5.74, 6) is 0.476. The van der Waals surface area contributed by atoms with Gasteiger partial charge in [0.1, 0.15) is 12.3 Å². The zero-order valence-corrected chi connectivity index (χ0v) is 15.0. The molecule has 0 saturated carbocycles. The molecule has 2 amide bonds. The number of oxazole rings is 1. The molecule has 130 valence electrons. The van der Waals surface area contributed by atoms with Gasteiger partial charge >= 0.3 is 6.03 Å². The molecule has 3 rings (SSSR count). The van der Waals surface area contributed by atoms with E-state index in [-0.39, 0.29) is 12.1 Å². The second-order valence-corrected chi connectivity index (χ2v) is 6.79. The van der Waals surface area contributed by atoms with Gasteiger partial charge in [0.25, 0.3) is 0 Å². The Morgan fingerprint density at radius 1 is 1.32 bits per heavy atom. The second-order valence-electron chi connectivity index (χ2n) is 5.59. The molecule has 0 fully saturated rings. The third-order valence-electron chi connectivity index (χ3n) is 3.79. The van der Waals surface area contributed by atoms with Crippen LogP contribution in [0.4, 0.5) is 9.93 Å². The normalized spacial score (nSPS) is 11.9. The van der Waals surface area contributed by atoms with Gasteiger partial charge in [-0.2, -0.15) is 0 Å². The molecule has 25 heavy (non-hydrogen) atoms. The van der Waals surface area contributed by atoms with Crippen LogP contribution in [0.3, 0.4) is 0 Å². The fourth-order valence-electron chi connectivity index (χ4n) is 2.56. The van der Waals surface area contributed by atoms with Crippen molar-refractivity contribution in [3.05, 3.63) is 64.8 Å². The first kappa shape index (κ1) is 17.2. The van der Waals surface area contributed by atoms with Crippen molar-refractivity contribution >= 4 is 22.5 Å². The largest absolute Gasteiger partial charge is 0.447 e. The minimum Gasteiger partial charge on any atom is -0.447 e. The molecule has 0 spiro atoms. The SMILES string of the molecule is CCc1nc(NC(=O)NC(Cc2ccccc2)c2ncco2)sc1C. The highest BCUT2D eigenvalue weighted by atomic mass is 32.1. The number of rotatable bonds is 6. The van der Waals surface area contributed by atoms with Crippen molar-refractivity contribution in [2.45, 2.75) is 32.7 Å². The number of benzene rings is 1. The lowest BCUT2D eigenvalue weighted by molar-refractivity contribution is 0.245. The summed E-state index contributed by atoms with van der Waals surface area (Å²) < 4.78 is 5.39. The summed E-state index contributed by atoms with van der Waals surface area (Å²) >= 11 is 1.47. The lowest BCUT2D eigenvalue weighted by Gasteiger charge is -2.15. The van der Waals surface area contributed by atoms with Gasteiger partial charge in [-0.1, -0.05) is 37.3 Å². The minimum atomic E-state index is -0.357. The lowest BCUT2D eigenvalue weighted by Crippen LogP contribution is -2.33. The molecule has 3 aromatic rings. The fourth-order valence-corrected chi connectivity index (χ4v) is 3.45. The van der Waals surface area contributed by atoms with Crippen LogP contribution in [-0.2, 0) is 12.8 Å². The average Bonchev–Trinajstić information content (AvgIpc) is 3.25. The van der Waals surface area contributed by atoms with E-state index >= 15 is 0 Å². The number of aromatic nitrogens is 2. The van der Waals surface area contributed by atoms with Crippen molar-refractivity contribution in [2.75, 3.05) is 5.32 Å². The number of nitrogens with zero attached hydrogens (tertiary/aromatic N) is 2. The van der Waals surface area contributed by atoms with Gasteiger partial charge in [0.05, 0.1) is 11.9 Å². The first-order valence-corrected chi connectivity index (χ1v) is 8.94. The van der Waals surface area contributed by atoms with Gasteiger partial charge in [0.15, 0.2) is 5.13 Å². The van der Waals surface area contributed by atoms with Crippen LogP contribution in [0.15, 0.2) is 47.2 Å². The molecular formula is C18H20N4O2S. The second kappa shape index (κ2) is 7.94. The Labute approximate surface area is 150 Å². The maximum atomic E-state index is 12.4. The van der Waals surface area contributed by atoms with Crippen LogP contribution < -0.4 is 10.6 Å². The number of aryl methyl sites for hydroxylation is 2. The third-order valence-corrected chi connectivity index (χ3v) is 4.71. The number of hydrogen-bond acceptors (Lipinski definition) is 5. The van der Waals surface area contributed by atoms with Crippen molar-refractivity contribution in [1.29, 1.82) is 0 Å². The molecule has 1 aromatic carbocycles. The minimum absolute atomic E-state index is 0.324.